The maximum Gasteiger partial charge on any atom is 0.227 e. The van der Waals surface area contributed by atoms with Gasteiger partial charge in [0.2, 0.25) is 12.3 Å². The molecule has 0 unspecified atom stereocenters. The molecular formula is C20H17BrN2O. The smallest absolute Gasteiger partial charge is 0.227 e. The molecule has 2 aromatic heterocycles. The minimum absolute atomic E-state index is 0. The van der Waals surface area contributed by atoms with Gasteiger partial charge in [-0.2, -0.15) is 4.57 Å². The molecule has 0 spiro atoms. The van der Waals surface area contributed by atoms with Gasteiger partial charge in [-0.15, -0.1) is 0 Å². The number of aryl methyl sites for hydroxylation is 1. The van der Waals surface area contributed by atoms with Crippen LogP contribution in [0.3, 0.4) is 0 Å². The summed E-state index contributed by atoms with van der Waals surface area (Å²) in [6.45, 7) is 2.36. The van der Waals surface area contributed by atoms with E-state index in [1.165, 1.54) is 10.8 Å². The van der Waals surface area contributed by atoms with E-state index in [2.05, 4.69) is 23.2 Å². The van der Waals surface area contributed by atoms with Crippen LogP contribution >= 0.6 is 0 Å². The van der Waals surface area contributed by atoms with Crippen LogP contribution in [0.4, 0.5) is 0 Å². The number of carbonyl (C=O) groups excluding carboxylic acids is 1. The van der Waals surface area contributed by atoms with Crippen molar-refractivity contribution in [1.82, 2.24) is 4.98 Å². The van der Waals surface area contributed by atoms with Crippen LogP contribution in [0.25, 0.3) is 21.8 Å². The Bertz CT molecular complexity index is 1020. The zero-order chi connectivity index (χ0) is 15.8. The first-order valence-electron chi connectivity index (χ1n) is 7.70. The van der Waals surface area contributed by atoms with Crippen LogP contribution in [0, 0.1) is 6.92 Å². The van der Waals surface area contributed by atoms with Gasteiger partial charge in [-0.25, -0.2) is 0 Å². The maximum atomic E-state index is 12.4. The summed E-state index contributed by atoms with van der Waals surface area (Å²) in [4.78, 5) is 15.8. The zero-order valence-corrected chi connectivity index (χ0v) is 14.9. The number of hydrogen-bond acceptors (Lipinski definition) is 1. The van der Waals surface area contributed by atoms with E-state index in [0.29, 0.717) is 6.54 Å². The van der Waals surface area contributed by atoms with Gasteiger partial charge in [0.25, 0.3) is 0 Å². The van der Waals surface area contributed by atoms with E-state index in [-0.39, 0.29) is 22.8 Å². The predicted octanol–water partition coefficient (Wildman–Crippen LogP) is 0.804. The van der Waals surface area contributed by atoms with Crippen molar-refractivity contribution in [3.05, 3.63) is 78.1 Å². The topological polar surface area (TPSA) is 36.7 Å². The Kier molecular flexibility index (Phi) is 4.49. The van der Waals surface area contributed by atoms with Gasteiger partial charge in [-0.1, -0.05) is 48.0 Å². The molecule has 0 atom stereocenters. The van der Waals surface area contributed by atoms with Crippen molar-refractivity contribution < 1.29 is 26.3 Å². The summed E-state index contributed by atoms with van der Waals surface area (Å²) >= 11 is 0. The number of Topliss-reactive ketones (excluding diaryl/α,β-unsaturated/α-hetero) is 1. The molecule has 0 amide bonds. The molecule has 0 aliphatic rings. The van der Waals surface area contributed by atoms with E-state index in [9.17, 15) is 4.79 Å². The number of pyridine rings is 1. The van der Waals surface area contributed by atoms with Gasteiger partial charge in [-0.3, -0.25) is 4.79 Å². The van der Waals surface area contributed by atoms with Crippen molar-refractivity contribution >= 4 is 27.6 Å². The summed E-state index contributed by atoms with van der Waals surface area (Å²) in [6, 6.07) is 18.0. The number of hydrogen-bond donors (Lipinski definition) is 1. The van der Waals surface area contributed by atoms with Gasteiger partial charge in [0.15, 0.2) is 12.4 Å². The van der Waals surface area contributed by atoms with E-state index in [0.717, 1.165) is 22.2 Å². The standard InChI is InChI=1S/C20H16N2O.BrH/c1-14-6-8-15(9-7-14)20(23)13-22-11-10-17-16-4-2-3-5-18(16)21-19(17)12-22;/h2-12H,13H2,1H3;1H. The molecule has 24 heavy (non-hydrogen) atoms. The predicted molar refractivity (Wildman–Crippen MR) is 91.5 cm³/mol. The molecule has 0 fully saturated rings. The van der Waals surface area contributed by atoms with E-state index in [4.69, 9.17) is 0 Å². The number of aromatic amines is 1. The summed E-state index contributed by atoms with van der Waals surface area (Å²) in [6.07, 6.45) is 3.97. The Morgan fingerprint density at radius 2 is 1.67 bits per heavy atom. The molecule has 0 saturated carbocycles. The van der Waals surface area contributed by atoms with Crippen molar-refractivity contribution in [1.29, 1.82) is 0 Å². The van der Waals surface area contributed by atoms with E-state index < -0.39 is 0 Å². The van der Waals surface area contributed by atoms with Gasteiger partial charge < -0.3 is 22.0 Å². The molecule has 0 saturated heterocycles. The molecule has 0 bridgehead atoms. The summed E-state index contributed by atoms with van der Waals surface area (Å²) in [7, 11) is 0. The number of halogens is 1. The minimum atomic E-state index is 0. The lowest BCUT2D eigenvalue weighted by Crippen LogP contribution is -3.00. The van der Waals surface area contributed by atoms with Crippen molar-refractivity contribution in [3.8, 4) is 0 Å². The SMILES string of the molecule is Cc1ccc(C(=O)C[n+]2ccc3c(c2)[nH]c2ccccc23)cc1.[Br-]. The van der Waals surface area contributed by atoms with Crippen molar-refractivity contribution in [2.45, 2.75) is 13.5 Å². The van der Waals surface area contributed by atoms with Crippen LogP contribution < -0.4 is 21.5 Å². The lowest BCUT2D eigenvalue weighted by atomic mass is 10.1. The third kappa shape index (κ3) is 2.97. The maximum absolute atomic E-state index is 12.4. The third-order valence-corrected chi connectivity index (χ3v) is 4.20. The lowest BCUT2D eigenvalue weighted by Gasteiger charge is -1.99. The molecule has 4 rings (SSSR count). The average molecular weight is 381 g/mol. The van der Waals surface area contributed by atoms with Crippen LogP contribution in [0.5, 0.6) is 0 Å². The molecule has 3 nitrogen and oxygen atoms in total. The zero-order valence-electron chi connectivity index (χ0n) is 13.3. The Labute approximate surface area is 150 Å². The fourth-order valence-electron chi connectivity index (χ4n) is 2.94. The molecule has 0 aliphatic heterocycles. The number of H-pyrrole nitrogens is 1. The Hall–Kier alpha value is -2.46. The second-order valence-electron chi connectivity index (χ2n) is 5.90. The molecule has 2 aromatic carbocycles. The summed E-state index contributed by atoms with van der Waals surface area (Å²) in [5.41, 5.74) is 4.07. The number of benzene rings is 2. The molecule has 1 N–H and O–H groups in total. The fourth-order valence-corrected chi connectivity index (χ4v) is 2.94. The number of aromatic nitrogens is 2. The molecule has 0 aliphatic carbocycles. The number of para-hydroxylation sites is 1. The highest BCUT2D eigenvalue weighted by atomic mass is 79.9. The summed E-state index contributed by atoms with van der Waals surface area (Å²) in [5, 5.41) is 2.39. The molecule has 4 aromatic rings. The molecule has 120 valence electrons. The van der Waals surface area contributed by atoms with Gasteiger partial charge >= 0.3 is 0 Å². The third-order valence-electron chi connectivity index (χ3n) is 4.20. The number of rotatable bonds is 3. The van der Waals surface area contributed by atoms with E-state index >= 15 is 0 Å². The minimum Gasteiger partial charge on any atom is -1.00 e. The molecule has 4 heteroatoms. The summed E-state index contributed by atoms with van der Waals surface area (Å²) in [5.74, 6) is 0.116. The number of nitrogens with one attached hydrogen (secondary N) is 1. The first kappa shape index (κ1) is 16.4. The lowest BCUT2D eigenvalue weighted by molar-refractivity contribution is -0.681. The van der Waals surface area contributed by atoms with Crippen LogP contribution in [0.15, 0.2) is 67.0 Å². The normalized spacial score (nSPS) is 10.7. The quantitative estimate of drug-likeness (QED) is 0.414. The second kappa shape index (κ2) is 6.57. The number of ketones is 1. The number of fused-ring (bicyclic) bond motifs is 3. The van der Waals surface area contributed by atoms with Crippen LogP contribution in [-0.2, 0) is 6.54 Å². The van der Waals surface area contributed by atoms with E-state index in [1.807, 2.05) is 60.3 Å². The van der Waals surface area contributed by atoms with Crippen molar-refractivity contribution in [2.24, 2.45) is 0 Å². The van der Waals surface area contributed by atoms with E-state index in [1.54, 1.807) is 0 Å². The second-order valence-corrected chi connectivity index (χ2v) is 5.90. The fraction of sp³-hybridized carbons (Fsp3) is 0.100. The largest absolute Gasteiger partial charge is 1.00 e. The Morgan fingerprint density at radius 1 is 0.958 bits per heavy atom. The van der Waals surface area contributed by atoms with Crippen LogP contribution in [-0.4, -0.2) is 10.8 Å². The molecule has 0 radical (unpaired) electrons. The van der Waals surface area contributed by atoms with Gasteiger partial charge in [0, 0.05) is 27.9 Å². The molecular weight excluding hydrogens is 364 g/mol. The van der Waals surface area contributed by atoms with Crippen molar-refractivity contribution in [3.63, 3.8) is 0 Å². The first-order chi connectivity index (χ1) is 11.2. The highest BCUT2D eigenvalue weighted by Crippen LogP contribution is 2.23. The van der Waals surface area contributed by atoms with Crippen molar-refractivity contribution in [2.75, 3.05) is 0 Å². The number of carbonyl (C=O) groups is 1. The van der Waals surface area contributed by atoms with Crippen LogP contribution in [0.1, 0.15) is 15.9 Å². The average Bonchev–Trinajstić information content (AvgIpc) is 2.93. The number of nitrogens with zero attached hydrogens (tertiary/aromatic N) is 1. The Morgan fingerprint density at radius 3 is 2.46 bits per heavy atom. The summed E-state index contributed by atoms with van der Waals surface area (Å²) < 4.78 is 1.93. The highest BCUT2D eigenvalue weighted by Gasteiger charge is 2.14. The van der Waals surface area contributed by atoms with Gasteiger partial charge in [0.05, 0.1) is 0 Å². The van der Waals surface area contributed by atoms with Gasteiger partial charge in [-0.05, 0) is 13.0 Å². The van der Waals surface area contributed by atoms with Gasteiger partial charge in [0.1, 0.15) is 5.52 Å². The monoisotopic (exact) mass is 380 g/mol. The highest BCUT2D eigenvalue weighted by molar-refractivity contribution is 6.06. The first-order valence-corrected chi connectivity index (χ1v) is 7.70. The Balaban J connectivity index is 0.00000169. The molecule has 2 heterocycles. The van der Waals surface area contributed by atoms with Crippen LogP contribution in [0.2, 0.25) is 0 Å².